The number of halogens is 2. The summed E-state index contributed by atoms with van der Waals surface area (Å²) in [5, 5.41) is 2.97. The number of nitrogens with zero attached hydrogens (tertiary/aromatic N) is 2. The SMILES string of the molecule is CCCCCCCCn1c(SCc2ccc(Cl)cc2Cl)nc2sc3c(c2c1=O)CC[C@@H](C)C3. The van der Waals surface area contributed by atoms with Gasteiger partial charge in [-0.25, -0.2) is 4.98 Å². The van der Waals surface area contributed by atoms with Crippen molar-refractivity contribution in [2.45, 2.75) is 89.1 Å². The first-order chi connectivity index (χ1) is 16.0. The summed E-state index contributed by atoms with van der Waals surface area (Å²) in [7, 11) is 0. The van der Waals surface area contributed by atoms with Gasteiger partial charge >= 0.3 is 0 Å². The highest BCUT2D eigenvalue weighted by Gasteiger charge is 2.24. The van der Waals surface area contributed by atoms with E-state index in [-0.39, 0.29) is 5.56 Å². The molecular formula is C26H32Cl2N2OS2. The van der Waals surface area contributed by atoms with Crippen LogP contribution in [0, 0.1) is 5.92 Å². The van der Waals surface area contributed by atoms with E-state index in [1.165, 1.54) is 36.1 Å². The van der Waals surface area contributed by atoms with E-state index >= 15 is 0 Å². The number of aryl methyl sites for hydroxylation is 1. The van der Waals surface area contributed by atoms with Crippen molar-refractivity contribution in [2.24, 2.45) is 5.92 Å². The monoisotopic (exact) mass is 522 g/mol. The molecule has 3 aromatic rings. The fourth-order valence-corrected chi connectivity index (χ4v) is 7.55. The van der Waals surface area contributed by atoms with Crippen LogP contribution < -0.4 is 5.56 Å². The van der Waals surface area contributed by atoms with Crippen LogP contribution in [-0.4, -0.2) is 9.55 Å². The Morgan fingerprint density at radius 3 is 2.76 bits per heavy atom. The van der Waals surface area contributed by atoms with E-state index < -0.39 is 0 Å². The molecule has 0 fully saturated rings. The van der Waals surface area contributed by atoms with E-state index in [1.807, 2.05) is 16.7 Å². The number of unbranched alkanes of at least 4 members (excludes halogenated alkanes) is 5. The van der Waals surface area contributed by atoms with E-state index in [0.29, 0.717) is 21.7 Å². The average molecular weight is 524 g/mol. The molecule has 2 heterocycles. The van der Waals surface area contributed by atoms with Crippen molar-refractivity contribution in [3.63, 3.8) is 0 Å². The molecule has 0 saturated carbocycles. The van der Waals surface area contributed by atoms with Crippen LogP contribution in [0.1, 0.15) is 74.8 Å². The molecule has 3 nitrogen and oxygen atoms in total. The van der Waals surface area contributed by atoms with Crippen molar-refractivity contribution < 1.29 is 0 Å². The van der Waals surface area contributed by atoms with Gasteiger partial charge in [0.2, 0.25) is 0 Å². The van der Waals surface area contributed by atoms with Crippen LogP contribution in [0.4, 0.5) is 0 Å². The predicted molar refractivity (Wildman–Crippen MR) is 144 cm³/mol. The zero-order chi connectivity index (χ0) is 23.4. The fraction of sp³-hybridized carbons (Fsp3) is 0.538. The molecule has 1 atom stereocenters. The fourth-order valence-electron chi connectivity index (χ4n) is 4.54. The highest BCUT2D eigenvalue weighted by molar-refractivity contribution is 7.98. The predicted octanol–water partition coefficient (Wildman–Crippen LogP) is 8.54. The van der Waals surface area contributed by atoms with Gasteiger partial charge in [0.05, 0.1) is 5.39 Å². The summed E-state index contributed by atoms with van der Waals surface area (Å²) in [6.45, 7) is 5.26. The third-order valence-corrected chi connectivity index (χ3v) is 9.25. The van der Waals surface area contributed by atoms with Gasteiger partial charge in [-0.1, -0.05) is 87.0 Å². The second kappa shape index (κ2) is 11.6. The maximum absolute atomic E-state index is 13.7. The first-order valence-electron chi connectivity index (χ1n) is 12.1. The molecule has 0 amide bonds. The van der Waals surface area contributed by atoms with Gasteiger partial charge in [0.15, 0.2) is 5.16 Å². The highest BCUT2D eigenvalue weighted by Crippen LogP contribution is 2.37. The molecule has 2 aromatic heterocycles. The van der Waals surface area contributed by atoms with Gasteiger partial charge in [-0.2, -0.15) is 0 Å². The minimum atomic E-state index is 0.144. The molecule has 0 bridgehead atoms. The van der Waals surface area contributed by atoms with E-state index in [1.54, 1.807) is 29.2 Å². The van der Waals surface area contributed by atoms with Gasteiger partial charge in [-0.3, -0.25) is 9.36 Å². The van der Waals surface area contributed by atoms with Crippen molar-refractivity contribution >= 4 is 56.5 Å². The second-order valence-electron chi connectivity index (χ2n) is 9.18. The van der Waals surface area contributed by atoms with Gasteiger partial charge in [-0.05, 0) is 54.9 Å². The molecule has 33 heavy (non-hydrogen) atoms. The molecule has 0 unspecified atom stereocenters. The Morgan fingerprint density at radius 1 is 1.18 bits per heavy atom. The molecule has 0 radical (unpaired) electrons. The normalized spacial score (nSPS) is 15.8. The molecule has 0 N–H and O–H groups in total. The zero-order valence-electron chi connectivity index (χ0n) is 19.5. The lowest BCUT2D eigenvalue weighted by Gasteiger charge is -2.18. The first-order valence-corrected chi connectivity index (χ1v) is 14.7. The van der Waals surface area contributed by atoms with E-state index in [2.05, 4.69) is 13.8 Å². The van der Waals surface area contributed by atoms with Crippen LogP contribution in [0.5, 0.6) is 0 Å². The minimum absolute atomic E-state index is 0.144. The minimum Gasteiger partial charge on any atom is -0.287 e. The molecule has 0 aliphatic heterocycles. The highest BCUT2D eigenvalue weighted by atomic mass is 35.5. The second-order valence-corrected chi connectivity index (χ2v) is 12.0. The van der Waals surface area contributed by atoms with Crippen LogP contribution in [-0.2, 0) is 25.1 Å². The van der Waals surface area contributed by atoms with Crippen molar-refractivity contribution in [1.82, 2.24) is 9.55 Å². The van der Waals surface area contributed by atoms with Crippen molar-refractivity contribution in [1.29, 1.82) is 0 Å². The third kappa shape index (κ3) is 5.98. The standard InChI is InChI=1S/C26H32Cl2N2OS2/c1-3-4-5-6-7-8-13-30-25(31)23-20-12-9-17(2)14-22(20)33-24(23)29-26(30)32-16-18-10-11-19(27)15-21(18)28/h10-11,15,17H,3-9,12-14,16H2,1-2H3/t17-/m1/s1. The summed E-state index contributed by atoms with van der Waals surface area (Å²) < 4.78 is 1.93. The zero-order valence-corrected chi connectivity index (χ0v) is 22.6. The van der Waals surface area contributed by atoms with Crippen molar-refractivity contribution in [3.05, 3.63) is 54.6 Å². The van der Waals surface area contributed by atoms with Crippen molar-refractivity contribution in [2.75, 3.05) is 0 Å². The summed E-state index contributed by atoms with van der Waals surface area (Å²) in [4.78, 5) is 21.0. The summed E-state index contributed by atoms with van der Waals surface area (Å²) in [5.74, 6) is 1.34. The van der Waals surface area contributed by atoms with E-state index in [0.717, 1.165) is 59.6 Å². The van der Waals surface area contributed by atoms with E-state index in [9.17, 15) is 4.79 Å². The molecule has 178 valence electrons. The quantitative estimate of drug-likeness (QED) is 0.152. The number of aromatic nitrogens is 2. The van der Waals surface area contributed by atoms with Crippen LogP contribution in [0.2, 0.25) is 10.0 Å². The number of rotatable bonds is 10. The number of fused-ring (bicyclic) bond motifs is 3. The van der Waals surface area contributed by atoms with Crippen molar-refractivity contribution in [3.8, 4) is 0 Å². The molecule has 7 heteroatoms. The number of hydrogen-bond acceptors (Lipinski definition) is 4. The summed E-state index contributed by atoms with van der Waals surface area (Å²) in [5.41, 5.74) is 2.41. The molecule has 1 aromatic carbocycles. The Hall–Kier alpha value is -1.01. The number of thiophene rings is 1. The Morgan fingerprint density at radius 2 is 1.97 bits per heavy atom. The molecular weight excluding hydrogens is 491 g/mol. The maximum Gasteiger partial charge on any atom is 0.263 e. The first kappa shape index (κ1) is 25.1. The maximum atomic E-state index is 13.7. The summed E-state index contributed by atoms with van der Waals surface area (Å²) >= 11 is 15.8. The lowest BCUT2D eigenvalue weighted by Crippen LogP contribution is -2.24. The molecule has 1 aliphatic rings. The summed E-state index contributed by atoms with van der Waals surface area (Å²) in [6, 6.07) is 5.59. The van der Waals surface area contributed by atoms with Crippen LogP contribution in [0.25, 0.3) is 10.2 Å². The third-order valence-electron chi connectivity index (χ3n) is 6.49. The molecule has 4 rings (SSSR count). The van der Waals surface area contributed by atoms with Crippen LogP contribution in [0.15, 0.2) is 28.2 Å². The van der Waals surface area contributed by atoms with Gasteiger partial charge < -0.3 is 0 Å². The van der Waals surface area contributed by atoms with Gasteiger partial charge in [0.1, 0.15) is 4.83 Å². The Kier molecular flexibility index (Phi) is 8.83. The largest absolute Gasteiger partial charge is 0.287 e. The molecule has 0 spiro atoms. The Bertz CT molecular complexity index is 1170. The smallest absolute Gasteiger partial charge is 0.263 e. The van der Waals surface area contributed by atoms with Gasteiger partial charge in [0, 0.05) is 27.2 Å². The Balaban J connectivity index is 1.63. The van der Waals surface area contributed by atoms with Gasteiger partial charge in [0.25, 0.3) is 5.56 Å². The topological polar surface area (TPSA) is 34.9 Å². The number of thioether (sulfide) groups is 1. The lowest BCUT2D eigenvalue weighted by atomic mass is 9.89. The van der Waals surface area contributed by atoms with E-state index in [4.69, 9.17) is 28.2 Å². The lowest BCUT2D eigenvalue weighted by molar-refractivity contribution is 0.507. The van der Waals surface area contributed by atoms with Crippen LogP contribution >= 0.6 is 46.3 Å². The Labute approximate surface area is 214 Å². The molecule has 1 aliphatic carbocycles. The average Bonchev–Trinajstić information content (AvgIpc) is 3.14. The summed E-state index contributed by atoms with van der Waals surface area (Å²) in [6.07, 6.45) is 10.4. The molecule has 0 saturated heterocycles. The number of benzene rings is 1. The van der Waals surface area contributed by atoms with Gasteiger partial charge in [-0.15, -0.1) is 11.3 Å². The number of hydrogen-bond donors (Lipinski definition) is 0. The van der Waals surface area contributed by atoms with Crippen LogP contribution in [0.3, 0.4) is 0 Å².